The van der Waals surface area contributed by atoms with E-state index in [9.17, 15) is 14.0 Å². The highest BCUT2D eigenvalue weighted by molar-refractivity contribution is 6.05. The van der Waals surface area contributed by atoms with E-state index in [-0.39, 0.29) is 11.6 Å². The van der Waals surface area contributed by atoms with E-state index in [2.05, 4.69) is 10.1 Å². The number of amides is 1. The van der Waals surface area contributed by atoms with Crippen LogP contribution in [-0.4, -0.2) is 25.0 Å². The molecular formula is C11H10FNO3. The number of methoxy groups -OCH3 is 1. The van der Waals surface area contributed by atoms with Gasteiger partial charge in [0.1, 0.15) is 5.82 Å². The van der Waals surface area contributed by atoms with E-state index in [1.807, 2.05) is 0 Å². The molecular weight excluding hydrogens is 213 g/mol. The van der Waals surface area contributed by atoms with Crippen LogP contribution in [0.25, 0.3) is 0 Å². The molecule has 0 saturated carbocycles. The zero-order valence-corrected chi connectivity index (χ0v) is 8.62. The molecule has 1 aromatic carbocycles. The Morgan fingerprint density at radius 3 is 3.00 bits per heavy atom. The summed E-state index contributed by atoms with van der Waals surface area (Å²) in [6, 6.07) is 3.33. The van der Waals surface area contributed by atoms with Crippen molar-refractivity contribution in [2.45, 2.75) is 12.5 Å². The number of alkyl carbamates (subject to hydrolysis) is 1. The number of rotatable bonds is 1. The number of ketones is 1. The molecule has 0 bridgehead atoms. The Labute approximate surface area is 91.4 Å². The van der Waals surface area contributed by atoms with Crippen LogP contribution in [0.5, 0.6) is 0 Å². The van der Waals surface area contributed by atoms with Crippen LogP contribution in [-0.2, 0) is 11.2 Å². The fraction of sp³-hybridized carbons (Fsp3) is 0.273. The van der Waals surface area contributed by atoms with Crippen molar-refractivity contribution >= 4 is 11.9 Å². The lowest BCUT2D eigenvalue weighted by molar-refractivity contribution is 0.0947. The topological polar surface area (TPSA) is 55.4 Å². The predicted octanol–water partition coefficient (Wildman–Crippen LogP) is 1.29. The minimum absolute atomic E-state index is 0.208. The van der Waals surface area contributed by atoms with Gasteiger partial charge in [0.25, 0.3) is 0 Å². The first-order chi connectivity index (χ1) is 7.61. The van der Waals surface area contributed by atoms with Gasteiger partial charge in [-0.3, -0.25) is 4.79 Å². The molecule has 0 spiro atoms. The molecule has 0 heterocycles. The molecule has 84 valence electrons. The van der Waals surface area contributed by atoms with Gasteiger partial charge >= 0.3 is 6.09 Å². The highest BCUT2D eigenvalue weighted by Crippen LogP contribution is 2.23. The van der Waals surface area contributed by atoms with Gasteiger partial charge in [-0.05, 0) is 23.8 Å². The zero-order chi connectivity index (χ0) is 11.7. The average molecular weight is 223 g/mol. The fourth-order valence-corrected chi connectivity index (χ4v) is 1.79. The molecule has 4 nitrogen and oxygen atoms in total. The highest BCUT2D eigenvalue weighted by atomic mass is 19.1. The Morgan fingerprint density at radius 2 is 2.31 bits per heavy atom. The van der Waals surface area contributed by atoms with Gasteiger partial charge in [0, 0.05) is 12.0 Å². The number of fused-ring (bicyclic) bond motifs is 1. The monoisotopic (exact) mass is 223 g/mol. The predicted molar refractivity (Wildman–Crippen MR) is 53.8 cm³/mol. The van der Waals surface area contributed by atoms with Crippen LogP contribution in [0, 0.1) is 5.82 Å². The minimum atomic E-state index is -0.661. The largest absolute Gasteiger partial charge is 0.453 e. The Balaban J connectivity index is 2.20. The maximum absolute atomic E-state index is 12.9. The number of halogens is 1. The number of ether oxygens (including phenoxy) is 1. The van der Waals surface area contributed by atoms with Crippen molar-refractivity contribution in [3.05, 3.63) is 35.1 Å². The molecule has 0 aliphatic heterocycles. The van der Waals surface area contributed by atoms with Crippen molar-refractivity contribution in [3.63, 3.8) is 0 Å². The van der Waals surface area contributed by atoms with Crippen molar-refractivity contribution in [1.82, 2.24) is 5.32 Å². The molecule has 0 radical (unpaired) electrons. The molecule has 1 aliphatic rings. The number of Topliss-reactive ketones (excluding diaryl/α,β-unsaturated/α-hetero) is 1. The summed E-state index contributed by atoms with van der Waals surface area (Å²) < 4.78 is 17.3. The smallest absolute Gasteiger partial charge is 0.407 e. The molecule has 16 heavy (non-hydrogen) atoms. The molecule has 1 aliphatic carbocycles. The molecule has 2 rings (SSSR count). The third-order valence-corrected chi connectivity index (χ3v) is 2.55. The first-order valence-electron chi connectivity index (χ1n) is 4.79. The number of hydrogen-bond acceptors (Lipinski definition) is 3. The van der Waals surface area contributed by atoms with Crippen LogP contribution in [0.3, 0.4) is 0 Å². The maximum Gasteiger partial charge on any atom is 0.407 e. The average Bonchev–Trinajstić information content (AvgIpc) is 2.55. The van der Waals surface area contributed by atoms with Gasteiger partial charge in [-0.1, -0.05) is 0 Å². The van der Waals surface area contributed by atoms with E-state index in [0.717, 1.165) is 0 Å². The van der Waals surface area contributed by atoms with Gasteiger partial charge in [0.15, 0.2) is 5.78 Å². The SMILES string of the molecule is COC(=O)NC1Cc2cc(F)ccc2C1=O. The summed E-state index contributed by atoms with van der Waals surface area (Å²) in [5.41, 5.74) is 1.08. The van der Waals surface area contributed by atoms with Crippen molar-refractivity contribution in [3.8, 4) is 0 Å². The molecule has 1 N–H and O–H groups in total. The molecule has 1 aromatic rings. The van der Waals surface area contributed by atoms with Crippen LogP contribution < -0.4 is 5.32 Å². The second-order valence-electron chi connectivity index (χ2n) is 3.56. The lowest BCUT2D eigenvalue weighted by Crippen LogP contribution is -2.38. The van der Waals surface area contributed by atoms with Gasteiger partial charge in [-0.2, -0.15) is 0 Å². The normalized spacial score (nSPS) is 18.1. The Bertz CT molecular complexity index is 459. The third-order valence-electron chi connectivity index (χ3n) is 2.55. The molecule has 0 saturated heterocycles. The quantitative estimate of drug-likeness (QED) is 0.780. The Morgan fingerprint density at radius 1 is 1.56 bits per heavy atom. The molecule has 0 fully saturated rings. The van der Waals surface area contributed by atoms with E-state index in [1.165, 1.54) is 25.3 Å². The van der Waals surface area contributed by atoms with Gasteiger partial charge in [-0.25, -0.2) is 9.18 Å². The van der Waals surface area contributed by atoms with Crippen LogP contribution in [0.2, 0.25) is 0 Å². The van der Waals surface area contributed by atoms with Gasteiger partial charge in [0.05, 0.1) is 13.2 Å². The van der Waals surface area contributed by atoms with E-state index < -0.39 is 12.1 Å². The lowest BCUT2D eigenvalue weighted by Gasteiger charge is -2.08. The van der Waals surface area contributed by atoms with Crippen LogP contribution in [0.1, 0.15) is 15.9 Å². The van der Waals surface area contributed by atoms with E-state index >= 15 is 0 Å². The molecule has 0 aromatic heterocycles. The van der Waals surface area contributed by atoms with Crippen LogP contribution in [0.4, 0.5) is 9.18 Å². The van der Waals surface area contributed by atoms with Gasteiger partial charge < -0.3 is 10.1 Å². The second-order valence-corrected chi connectivity index (χ2v) is 3.56. The zero-order valence-electron chi connectivity index (χ0n) is 8.62. The number of carbonyl (C=O) groups excluding carboxylic acids is 2. The third kappa shape index (κ3) is 1.76. The molecule has 1 unspecified atom stereocenters. The van der Waals surface area contributed by atoms with E-state index in [1.54, 1.807) is 0 Å². The van der Waals surface area contributed by atoms with Crippen LogP contribution in [0.15, 0.2) is 18.2 Å². The second kappa shape index (κ2) is 3.92. The van der Waals surface area contributed by atoms with Crippen molar-refractivity contribution in [1.29, 1.82) is 0 Å². The maximum atomic E-state index is 12.9. The summed E-state index contributed by atoms with van der Waals surface area (Å²) in [7, 11) is 1.22. The van der Waals surface area contributed by atoms with Crippen molar-refractivity contribution in [2.75, 3.05) is 7.11 Å². The minimum Gasteiger partial charge on any atom is -0.453 e. The summed E-state index contributed by atoms with van der Waals surface area (Å²) >= 11 is 0. The van der Waals surface area contributed by atoms with Crippen LogP contribution >= 0.6 is 0 Å². The summed E-state index contributed by atoms with van der Waals surface area (Å²) in [5.74, 6) is -0.592. The van der Waals surface area contributed by atoms with E-state index in [0.29, 0.717) is 17.5 Å². The number of carbonyl (C=O) groups is 2. The summed E-state index contributed by atoms with van der Waals surface area (Å²) in [6.07, 6.45) is -0.354. The number of nitrogens with one attached hydrogen (secondary N) is 1. The standard InChI is InChI=1S/C11H10FNO3/c1-16-11(15)13-9-5-6-4-7(12)2-3-8(6)10(9)14/h2-4,9H,5H2,1H3,(H,13,15). The van der Waals surface area contributed by atoms with Crippen molar-refractivity contribution < 1.29 is 18.7 Å². The molecule has 1 amide bonds. The van der Waals surface area contributed by atoms with Gasteiger partial charge in [0.2, 0.25) is 0 Å². The Hall–Kier alpha value is -1.91. The summed E-state index contributed by atoms with van der Waals surface area (Å²) in [4.78, 5) is 22.7. The lowest BCUT2D eigenvalue weighted by atomic mass is 10.1. The first-order valence-corrected chi connectivity index (χ1v) is 4.79. The van der Waals surface area contributed by atoms with E-state index in [4.69, 9.17) is 0 Å². The van der Waals surface area contributed by atoms with Gasteiger partial charge in [-0.15, -0.1) is 0 Å². The Kier molecular flexibility index (Phi) is 2.60. The fourth-order valence-electron chi connectivity index (χ4n) is 1.79. The summed E-state index contributed by atoms with van der Waals surface area (Å²) in [6.45, 7) is 0. The van der Waals surface area contributed by atoms with Crippen molar-refractivity contribution in [2.24, 2.45) is 0 Å². The number of benzene rings is 1. The highest BCUT2D eigenvalue weighted by Gasteiger charge is 2.31. The first kappa shape index (κ1) is 10.6. The molecule has 5 heteroatoms. The summed E-state index contributed by atoms with van der Waals surface area (Å²) in [5, 5.41) is 2.41. The molecule has 1 atom stereocenters. The number of hydrogen-bond donors (Lipinski definition) is 1.